The van der Waals surface area contributed by atoms with Gasteiger partial charge in [-0.2, -0.15) is 0 Å². The number of para-hydroxylation sites is 1. The Morgan fingerprint density at radius 1 is 1.18 bits per heavy atom. The summed E-state index contributed by atoms with van der Waals surface area (Å²) in [7, 11) is 0. The number of hydrogen-bond donors (Lipinski definition) is 2. The Labute approximate surface area is 192 Å². The molecule has 170 valence electrons. The summed E-state index contributed by atoms with van der Waals surface area (Å²) in [6.45, 7) is 6.59. The Bertz CT molecular complexity index is 1250. The lowest BCUT2D eigenvalue weighted by Crippen LogP contribution is -2.33. The van der Waals surface area contributed by atoms with E-state index in [1.165, 1.54) is 6.20 Å². The third-order valence-electron chi connectivity index (χ3n) is 6.04. The Morgan fingerprint density at radius 3 is 2.64 bits per heavy atom. The fraction of sp³-hybridized carbons (Fsp3) is 0.320. The number of pyridine rings is 1. The van der Waals surface area contributed by atoms with E-state index >= 15 is 0 Å². The third kappa shape index (κ3) is 4.69. The van der Waals surface area contributed by atoms with Crippen molar-refractivity contribution in [1.82, 2.24) is 19.9 Å². The smallest absolute Gasteiger partial charge is 0.261 e. The number of rotatable bonds is 5. The van der Waals surface area contributed by atoms with E-state index in [1.807, 2.05) is 44.2 Å². The van der Waals surface area contributed by atoms with Crippen molar-refractivity contribution >= 4 is 17.5 Å². The molecule has 0 radical (unpaired) electrons. The van der Waals surface area contributed by atoms with Gasteiger partial charge in [-0.3, -0.25) is 14.4 Å². The fourth-order valence-corrected chi connectivity index (χ4v) is 4.15. The lowest BCUT2D eigenvalue weighted by Gasteiger charge is -2.17. The zero-order valence-corrected chi connectivity index (χ0v) is 19.0. The molecule has 0 aliphatic carbocycles. The number of benzene rings is 1. The molecular formula is C25H27N5O3. The highest BCUT2D eigenvalue weighted by Crippen LogP contribution is 2.26. The number of H-pyrrole nitrogens is 1. The lowest BCUT2D eigenvalue weighted by molar-refractivity contribution is 0.0788. The first kappa shape index (κ1) is 22.4. The molecule has 1 fully saturated rings. The van der Waals surface area contributed by atoms with Crippen LogP contribution in [-0.4, -0.2) is 44.8 Å². The molecule has 3 heterocycles. The molecular weight excluding hydrogens is 418 g/mol. The average Bonchev–Trinajstić information content (AvgIpc) is 3.30. The number of aromatic amines is 1. The molecule has 33 heavy (non-hydrogen) atoms. The van der Waals surface area contributed by atoms with E-state index in [-0.39, 0.29) is 28.9 Å². The highest BCUT2D eigenvalue weighted by atomic mass is 16.2. The van der Waals surface area contributed by atoms with E-state index in [4.69, 9.17) is 0 Å². The molecule has 2 aromatic heterocycles. The maximum atomic E-state index is 13.0. The summed E-state index contributed by atoms with van der Waals surface area (Å²) in [4.78, 5) is 51.5. The molecule has 1 atom stereocenters. The first-order valence-corrected chi connectivity index (χ1v) is 11.1. The van der Waals surface area contributed by atoms with E-state index < -0.39 is 0 Å². The molecule has 2 amide bonds. The number of carbonyl (C=O) groups is 2. The Kier molecular flexibility index (Phi) is 6.35. The van der Waals surface area contributed by atoms with Gasteiger partial charge in [-0.1, -0.05) is 25.1 Å². The van der Waals surface area contributed by atoms with Crippen LogP contribution in [0.1, 0.15) is 62.8 Å². The van der Waals surface area contributed by atoms with Crippen LogP contribution >= 0.6 is 0 Å². The molecule has 0 spiro atoms. The number of anilines is 1. The topological polar surface area (TPSA) is 108 Å². The molecule has 4 rings (SSSR count). The van der Waals surface area contributed by atoms with Gasteiger partial charge in [0.15, 0.2) is 0 Å². The second-order valence-corrected chi connectivity index (χ2v) is 8.31. The standard InChI is InChI=1S/C25H27N5O3/c1-4-21-15(2)12-19(23(31)29-21)25(33)30-11-10-17(14-30)22-26-13-20(16(3)27-22)24(32)28-18-8-6-5-7-9-18/h5-9,12-13,17H,4,10-11,14H2,1-3H3,(H,28,32)(H,29,31)/t17-/m1/s1. The van der Waals surface area contributed by atoms with E-state index in [2.05, 4.69) is 20.3 Å². The fourth-order valence-electron chi connectivity index (χ4n) is 4.15. The van der Waals surface area contributed by atoms with Crippen LogP contribution in [0.3, 0.4) is 0 Å². The predicted octanol–water partition coefficient (Wildman–Crippen LogP) is 3.23. The summed E-state index contributed by atoms with van der Waals surface area (Å²) in [5, 5.41) is 2.84. The number of aryl methyl sites for hydroxylation is 3. The van der Waals surface area contributed by atoms with Crippen molar-refractivity contribution in [3.05, 3.63) is 86.9 Å². The monoisotopic (exact) mass is 445 g/mol. The summed E-state index contributed by atoms with van der Waals surface area (Å²) in [5.41, 5.74) is 3.25. The van der Waals surface area contributed by atoms with Gasteiger partial charge < -0.3 is 15.2 Å². The van der Waals surface area contributed by atoms with E-state index in [9.17, 15) is 14.4 Å². The number of nitrogens with one attached hydrogen (secondary N) is 2. The Hall–Kier alpha value is -3.81. The van der Waals surface area contributed by atoms with Crippen LogP contribution in [0.4, 0.5) is 5.69 Å². The van der Waals surface area contributed by atoms with Crippen LogP contribution in [0.15, 0.2) is 47.4 Å². The van der Waals surface area contributed by atoms with E-state index in [0.717, 1.165) is 11.3 Å². The van der Waals surface area contributed by atoms with Crippen molar-refractivity contribution in [2.75, 3.05) is 18.4 Å². The second kappa shape index (κ2) is 9.36. The summed E-state index contributed by atoms with van der Waals surface area (Å²) in [6, 6.07) is 10.9. The number of nitrogens with zero attached hydrogens (tertiary/aromatic N) is 3. The van der Waals surface area contributed by atoms with Gasteiger partial charge in [-0.25, -0.2) is 9.97 Å². The van der Waals surface area contributed by atoms with Gasteiger partial charge in [-0.05, 0) is 50.5 Å². The van der Waals surface area contributed by atoms with Crippen LogP contribution in [-0.2, 0) is 6.42 Å². The van der Waals surface area contributed by atoms with E-state index in [0.29, 0.717) is 48.7 Å². The van der Waals surface area contributed by atoms with Gasteiger partial charge in [0.05, 0.1) is 11.3 Å². The zero-order chi connectivity index (χ0) is 23.5. The molecule has 8 nitrogen and oxygen atoms in total. The van der Waals surface area contributed by atoms with Gasteiger partial charge in [0, 0.05) is 36.6 Å². The van der Waals surface area contributed by atoms with Gasteiger partial charge >= 0.3 is 0 Å². The van der Waals surface area contributed by atoms with Crippen molar-refractivity contribution in [2.45, 2.75) is 39.5 Å². The molecule has 1 aliphatic rings. The van der Waals surface area contributed by atoms with Crippen LogP contribution in [0.2, 0.25) is 0 Å². The molecule has 0 saturated carbocycles. The Balaban J connectivity index is 1.46. The number of carbonyl (C=O) groups excluding carboxylic acids is 2. The predicted molar refractivity (Wildman–Crippen MR) is 126 cm³/mol. The van der Waals surface area contributed by atoms with Crippen LogP contribution in [0.5, 0.6) is 0 Å². The minimum atomic E-state index is -0.355. The molecule has 1 saturated heterocycles. The maximum absolute atomic E-state index is 13.0. The summed E-state index contributed by atoms with van der Waals surface area (Å²) in [5.74, 6) is 0.0122. The first-order chi connectivity index (χ1) is 15.9. The number of amides is 2. The number of likely N-dealkylation sites (tertiary alicyclic amines) is 1. The Morgan fingerprint density at radius 2 is 1.94 bits per heavy atom. The number of hydrogen-bond acceptors (Lipinski definition) is 5. The van der Waals surface area contributed by atoms with Crippen LogP contribution in [0, 0.1) is 13.8 Å². The van der Waals surface area contributed by atoms with Crippen LogP contribution < -0.4 is 10.9 Å². The molecule has 8 heteroatoms. The molecule has 1 aliphatic heterocycles. The molecule has 0 unspecified atom stereocenters. The maximum Gasteiger partial charge on any atom is 0.261 e. The normalized spacial score (nSPS) is 15.5. The van der Waals surface area contributed by atoms with Crippen molar-refractivity contribution in [3.63, 3.8) is 0 Å². The number of aromatic nitrogens is 3. The minimum absolute atomic E-state index is 0.0472. The molecule has 2 N–H and O–H groups in total. The highest BCUT2D eigenvalue weighted by molar-refractivity contribution is 6.04. The quantitative estimate of drug-likeness (QED) is 0.627. The summed E-state index contributed by atoms with van der Waals surface area (Å²) >= 11 is 0. The second-order valence-electron chi connectivity index (χ2n) is 8.31. The van der Waals surface area contributed by atoms with Gasteiger partial charge in [0.1, 0.15) is 11.4 Å². The van der Waals surface area contributed by atoms with Crippen LogP contribution in [0.25, 0.3) is 0 Å². The van der Waals surface area contributed by atoms with Gasteiger partial charge in [-0.15, -0.1) is 0 Å². The van der Waals surface area contributed by atoms with Crippen molar-refractivity contribution in [2.24, 2.45) is 0 Å². The summed E-state index contributed by atoms with van der Waals surface area (Å²) < 4.78 is 0. The molecule has 1 aromatic carbocycles. The molecule has 3 aromatic rings. The molecule has 0 bridgehead atoms. The van der Waals surface area contributed by atoms with Crippen molar-refractivity contribution < 1.29 is 9.59 Å². The average molecular weight is 446 g/mol. The van der Waals surface area contributed by atoms with Gasteiger partial charge in [0.25, 0.3) is 17.4 Å². The van der Waals surface area contributed by atoms with E-state index in [1.54, 1.807) is 17.9 Å². The van der Waals surface area contributed by atoms with Gasteiger partial charge in [0.2, 0.25) is 0 Å². The summed E-state index contributed by atoms with van der Waals surface area (Å²) in [6.07, 6.45) is 2.94. The van der Waals surface area contributed by atoms with Crippen molar-refractivity contribution in [1.29, 1.82) is 0 Å². The highest BCUT2D eigenvalue weighted by Gasteiger charge is 2.31. The third-order valence-corrected chi connectivity index (χ3v) is 6.04. The van der Waals surface area contributed by atoms with Crippen molar-refractivity contribution in [3.8, 4) is 0 Å². The minimum Gasteiger partial charge on any atom is -0.338 e. The first-order valence-electron chi connectivity index (χ1n) is 11.1. The lowest BCUT2D eigenvalue weighted by atomic mass is 10.1. The SMILES string of the molecule is CCc1[nH]c(=O)c(C(=O)N2CC[C@@H](c3ncc(C(=O)Nc4ccccc4)c(C)n3)C2)cc1C. The zero-order valence-electron chi connectivity index (χ0n) is 19.0. The largest absolute Gasteiger partial charge is 0.338 e.